The summed E-state index contributed by atoms with van der Waals surface area (Å²) in [5.74, 6) is 1.42. The van der Waals surface area contributed by atoms with Gasteiger partial charge in [-0.05, 0) is 72.6 Å². The van der Waals surface area contributed by atoms with E-state index in [2.05, 4.69) is 0 Å². The van der Waals surface area contributed by atoms with Crippen LogP contribution in [0.5, 0.6) is 11.5 Å². The van der Waals surface area contributed by atoms with Gasteiger partial charge in [-0.15, -0.1) is 0 Å². The molecule has 0 saturated carbocycles. The van der Waals surface area contributed by atoms with Gasteiger partial charge in [0.25, 0.3) is 5.56 Å². The standard InChI is InChI=1S/C31H29N3O5S/c1-21(33(2)40(36,37)27-17-10-23(11-18-27)22-8-6-5-7-9-22)30-32-29-19-16-26(39-4)20-28(29)31(35)34(30)24-12-14-25(38-3)15-13-24/h5-21H,1-4H3. The second-order valence-electron chi connectivity index (χ2n) is 9.28. The molecule has 0 amide bonds. The summed E-state index contributed by atoms with van der Waals surface area (Å²) >= 11 is 0. The van der Waals surface area contributed by atoms with Crippen LogP contribution < -0.4 is 15.0 Å². The molecule has 1 heterocycles. The molecular weight excluding hydrogens is 526 g/mol. The van der Waals surface area contributed by atoms with Gasteiger partial charge in [0.15, 0.2) is 0 Å². The van der Waals surface area contributed by atoms with Gasteiger partial charge in [-0.1, -0.05) is 42.5 Å². The number of nitrogens with zero attached hydrogens (tertiary/aromatic N) is 3. The number of sulfonamides is 1. The number of hydrogen-bond donors (Lipinski definition) is 0. The lowest BCUT2D eigenvalue weighted by Crippen LogP contribution is -2.35. The molecule has 0 aliphatic carbocycles. The van der Waals surface area contributed by atoms with Gasteiger partial charge in [-0.2, -0.15) is 4.31 Å². The maximum atomic E-state index is 13.9. The Morgan fingerprint density at radius 1 is 0.800 bits per heavy atom. The number of benzene rings is 4. The summed E-state index contributed by atoms with van der Waals surface area (Å²) in [6, 6.07) is 27.7. The van der Waals surface area contributed by atoms with Crippen LogP contribution in [0, 0.1) is 0 Å². The molecule has 0 spiro atoms. The number of methoxy groups -OCH3 is 2. The fourth-order valence-electron chi connectivity index (χ4n) is 4.56. The topological polar surface area (TPSA) is 90.7 Å². The Bertz CT molecular complexity index is 1820. The van der Waals surface area contributed by atoms with Crippen LogP contribution in [0.2, 0.25) is 0 Å². The summed E-state index contributed by atoms with van der Waals surface area (Å²) in [6.45, 7) is 1.72. The van der Waals surface area contributed by atoms with Crippen molar-refractivity contribution in [3.05, 3.63) is 113 Å². The van der Waals surface area contributed by atoms with Crippen LogP contribution in [0.25, 0.3) is 27.7 Å². The summed E-state index contributed by atoms with van der Waals surface area (Å²) < 4.78 is 40.7. The Morgan fingerprint density at radius 2 is 1.40 bits per heavy atom. The third kappa shape index (κ3) is 4.97. The Hall–Kier alpha value is -4.47. The first-order chi connectivity index (χ1) is 19.2. The van der Waals surface area contributed by atoms with Crippen molar-refractivity contribution in [3.63, 3.8) is 0 Å². The Labute approximate surface area is 233 Å². The molecule has 1 aromatic heterocycles. The molecular formula is C31H29N3O5S. The molecule has 8 nitrogen and oxygen atoms in total. The van der Waals surface area contributed by atoms with Crippen molar-refractivity contribution in [1.82, 2.24) is 13.9 Å². The van der Waals surface area contributed by atoms with E-state index in [0.717, 1.165) is 11.1 Å². The molecule has 0 radical (unpaired) electrons. The number of fused-ring (bicyclic) bond motifs is 1. The van der Waals surface area contributed by atoms with Crippen LogP contribution >= 0.6 is 0 Å². The summed E-state index contributed by atoms with van der Waals surface area (Å²) in [5.41, 5.74) is 2.54. The van der Waals surface area contributed by atoms with Gasteiger partial charge < -0.3 is 9.47 Å². The number of hydrogen-bond acceptors (Lipinski definition) is 6. The number of ether oxygens (including phenoxy) is 2. The van der Waals surface area contributed by atoms with E-state index in [0.29, 0.717) is 28.1 Å². The quantitative estimate of drug-likeness (QED) is 0.253. The highest BCUT2D eigenvalue weighted by Crippen LogP contribution is 2.29. The molecule has 0 aliphatic heterocycles. The molecule has 0 saturated heterocycles. The van der Waals surface area contributed by atoms with Gasteiger partial charge >= 0.3 is 0 Å². The van der Waals surface area contributed by atoms with E-state index in [-0.39, 0.29) is 16.3 Å². The van der Waals surface area contributed by atoms with Gasteiger partial charge in [0.05, 0.1) is 41.7 Å². The summed E-state index contributed by atoms with van der Waals surface area (Å²) in [7, 11) is 0.647. The van der Waals surface area contributed by atoms with Gasteiger partial charge in [0, 0.05) is 7.05 Å². The van der Waals surface area contributed by atoms with Crippen molar-refractivity contribution in [2.24, 2.45) is 0 Å². The first-order valence-electron chi connectivity index (χ1n) is 12.6. The molecule has 0 aliphatic rings. The van der Waals surface area contributed by atoms with Crippen LogP contribution in [0.15, 0.2) is 107 Å². The minimum absolute atomic E-state index is 0.144. The van der Waals surface area contributed by atoms with Crippen molar-refractivity contribution in [2.75, 3.05) is 21.3 Å². The molecule has 1 atom stereocenters. The predicted molar refractivity (Wildman–Crippen MR) is 156 cm³/mol. The Morgan fingerprint density at radius 3 is 2.02 bits per heavy atom. The fraction of sp³-hybridized carbons (Fsp3) is 0.161. The molecule has 0 fully saturated rings. The highest BCUT2D eigenvalue weighted by molar-refractivity contribution is 7.89. The Kier molecular flexibility index (Phi) is 7.42. The molecule has 5 rings (SSSR count). The normalized spacial score (nSPS) is 12.4. The maximum Gasteiger partial charge on any atom is 0.266 e. The molecule has 204 valence electrons. The van der Waals surface area contributed by atoms with Crippen molar-refractivity contribution in [2.45, 2.75) is 17.9 Å². The average molecular weight is 556 g/mol. The van der Waals surface area contributed by atoms with Crippen molar-refractivity contribution in [1.29, 1.82) is 0 Å². The average Bonchev–Trinajstić information content (AvgIpc) is 3.00. The van der Waals surface area contributed by atoms with Crippen LogP contribution in [-0.2, 0) is 10.0 Å². The van der Waals surface area contributed by atoms with Crippen LogP contribution in [0.1, 0.15) is 18.8 Å². The summed E-state index contributed by atoms with van der Waals surface area (Å²) in [5, 5.41) is 0.355. The minimum Gasteiger partial charge on any atom is -0.497 e. The largest absolute Gasteiger partial charge is 0.497 e. The van der Waals surface area contributed by atoms with E-state index < -0.39 is 16.1 Å². The first kappa shape index (κ1) is 27.1. The second-order valence-corrected chi connectivity index (χ2v) is 11.3. The lowest BCUT2D eigenvalue weighted by molar-refractivity contribution is 0.379. The van der Waals surface area contributed by atoms with Gasteiger partial charge in [0.2, 0.25) is 10.0 Å². The van der Waals surface area contributed by atoms with E-state index in [9.17, 15) is 13.2 Å². The van der Waals surface area contributed by atoms with Crippen LogP contribution in [0.3, 0.4) is 0 Å². The number of rotatable bonds is 8. The number of aromatic nitrogens is 2. The lowest BCUT2D eigenvalue weighted by Gasteiger charge is -2.26. The summed E-state index contributed by atoms with van der Waals surface area (Å²) in [6.07, 6.45) is 0. The van der Waals surface area contributed by atoms with Crippen molar-refractivity contribution < 1.29 is 17.9 Å². The van der Waals surface area contributed by atoms with Crippen LogP contribution in [-0.4, -0.2) is 43.5 Å². The second kappa shape index (κ2) is 11.0. The Balaban J connectivity index is 1.60. The molecule has 4 aromatic carbocycles. The monoisotopic (exact) mass is 555 g/mol. The molecule has 0 bridgehead atoms. The zero-order valence-corrected chi connectivity index (χ0v) is 23.4. The van der Waals surface area contributed by atoms with E-state index in [4.69, 9.17) is 14.5 Å². The molecule has 1 unspecified atom stereocenters. The molecule has 5 aromatic rings. The third-order valence-corrected chi connectivity index (χ3v) is 8.93. The van der Waals surface area contributed by atoms with Gasteiger partial charge in [-0.3, -0.25) is 9.36 Å². The van der Waals surface area contributed by atoms with Crippen molar-refractivity contribution in [3.8, 4) is 28.3 Å². The van der Waals surface area contributed by atoms with E-state index in [1.807, 2.05) is 30.3 Å². The van der Waals surface area contributed by atoms with Crippen molar-refractivity contribution >= 4 is 20.9 Å². The lowest BCUT2D eigenvalue weighted by atomic mass is 10.1. The predicted octanol–water partition coefficient (Wildman–Crippen LogP) is 5.45. The van der Waals surface area contributed by atoms with E-state index >= 15 is 0 Å². The van der Waals surface area contributed by atoms with Gasteiger partial charge in [0.1, 0.15) is 17.3 Å². The highest BCUT2D eigenvalue weighted by atomic mass is 32.2. The fourth-order valence-corrected chi connectivity index (χ4v) is 5.88. The van der Waals surface area contributed by atoms with Gasteiger partial charge in [-0.25, -0.2) is 13.4 Å². The SMILES string of the molecule is COc1ccc(-n2c(C(C)N(C)S(=O)(=O)c3ccc(-c4ccccc4)cc3)nc3ccc(OC)cc3c2=O)cc1. The zero-order chi connectivity index (χ0) is 28.4. The van der Waals surface area contributed by atoms with E-state index in [1.165, 1.54) is 23.0 Å². The zero-order valence-electron chi connectivity index (χ0n) is 22.6. The third-order valence-electron chi connectivity index (χ3n) is 6.99. The minimum atomic E-state index is -3.93. The van der Waals surface area contributed by atoms with Crippen LogP contribution in [0.4, 0.5) is 0 Å². The molecule has 0 N–H and O–H groups in total. The summed E-state index contributed by atoms with van der Waals surface area (Å²) in [4.78, 5) is 18.8. The first-order valence-corrected chi connectivity index (χ1v) is 14.1. The van der Waals surface area contributed by atoms with E-state index in [1.54, 1.807) is 80.8 Å². The smallest absolute Gasteiger partial charge is 0.266 e. The molecule has 9 heteroatoms. The highest BCUT2D eigenvalue weighted by Gasteiger charge is 2.30. The maximum absolute atomic E-state index is 13.9. The molecule has 40 heavy (non-hydrogen) atoms.